The number of rotatable bonds is 3. The van der Waals surface area contributed by atoms with Crippen molar-refractivity contribution in [1.29, 1.82) is 0 Å². The van der Waals surface area contributed by atoms with Crippen LogP contribution in [0.3, 0.4) is 0 Å². The van der Waals surface area contributed by atoms with Crippen molar-refractivity contribution in [3.05, 3.63) is 28.5 Å². The number of hydrogen-bond acceptors (Lipinski definition) is 5. The highest BCUT2D eigenvalue weighted by atomic mass is 35.5. The van der Waals surface area contributed by atoms with Crippen molar-refractivity contribution in [1.82, 2.24) is 4.98 Å². The average Bonchev–Trinajstić information content (AvgIpc) is 2.57. The van der Waals surface area contributed by atoms with E-state index in [9.17, 15) is 0 Å². The third kappa shape index (κ3) is 3.24. The maximum Gasteiger partial charge on any atom is 0.491 e. The molecule has 1 aromatic rings. The van der Waals surface area contributed by atoms with Gasteiger partial charge in [0.25, 0.3) is 0 Å². The monoisotopic (exact) mass is 309 g/mol. The number of hydrogen-bond donors (Lipinski definition) is 2. The van der Waals surface area contributed by atoms with E-state index in [2.05, 4.69) is 4.98 Å². The minimum absolute atomic E-state index is 0.304. The maximum absolute atomic E-state index is 6.00. The molecule has 5 nitrogen and oxygen atoms in total. The summed E-state index contributed by atoms with van der Waals surface area (Å²) in [7, 11) is -0.491. The molecule has 0 bridgehead atoms. The van der Waals surface area contributed by atoms with Gasteiger partial charge in [-0.3, -0.25) is 0 Å². The Morgan fingerprint density at radius 3 is 2.38 bits per heavy atom. The van der Waals surface area contributed by atoms with E-state index in [-0.39, 0.29) is 0 Å². The fourth-order valence-electron chi connectivity index (χ4n) is 1.99. The lowest BCUT2D eigenvalue weighted by molar-refractivity contribution is 0.00578. The fraction of sp³-hybridized carbons (Fsp3) is 0.500. The Morgan fingerprint density at radius 1 is 1.33 bits per heavy atom. The minimum atomic E-state index is -0.491. The van der Waals surface area contributed by atoms with Crippen LogP contribution in [0.4, 0.5) is 5.69 Å². The number of pyridine rings is 1. The Hall–Kier alpha value is -1.08. The van der Waals surface area contributed by atoms with Crippen LogP contribution in [-0.4, -0.2) is 29.8 Å². The lowest BCUT2D eigenvalue weighted by atomic mass is 9.77. The molecule has 7 heteroatoms. The molecular weight excluding hydrogens is 288 g/mol. The van der Waals surface area contributed by atoms with Crippen molar-refractivity contribution >= 4 is 30.5 Å². The molecule has 1 aliphatic heterocycles. The zero-order chi connectivity index (χ0) is 15.8. The summed E-state index contributed by atoms with van der Waals surface area (Å²) in [5.41, 5.74) is 13.1. The van der Waals surface area contributed by atoms with Crippen LogP contribution in [0.15, 0.2) is 17.7 Å². The Labute approximate surface area is 130 Å². The van der Waals surface area contributed by atoms with Crippen LogP contribution in [0.5, 0.6) is 0 Å². The van der Waals surface area contributed by atoms with Crippen LogP contribution in [0.2, 0.25) is 5.15 Å². The molecule has 0 unspecified atom stereocenters. The van der Waals surface area contributed by atoms with Gasteiger partial charge in [-0.2, -0.15) is 0 Å². The Bertz CT molecular complexity index is 559. The van der Waals surface area contributed by atoms with Crippen molar-refractivity contribution in [2.45, 2.75) is 38.9 Å². The first-order valence-electron chi connectivity index (χ1n) is 6.83. The number of aromatic nitrogens is 1. The first-order chi connectivity index (χ1) is 9.66. The van der Waals surface area contributed by atoms with E-state index in [4.69, 9.17) is 32.4 Å². The van der Waals surface area contributed by atoms with Crippen molar-refractivity contribution in [3.8, 4) is 0 Å². The van der Waals surface area contributed by atoms with Gasteiger partial charge in [0, 0.05) is 24.0 Å². The molecule has 114 valence electrons. The Kier molecular flexibility index (Phi) is 4.35. The molecular formula is C14H21BClN3O2. The van der Waals surface area contributed by atoms with Crippen LogP contribution >= 0.6 is 11.6 Å². The zero-order valence-corrected chi connectivity index (χ0v) is 13.6. The van der Waals surface area contributed by atoms with Gasteiger partial charge in [0.15, 0.2) is 0 Å². The minimum Gasteiger partial charge on any atom is -0.400 e. The van der Waals surface area contributed by atoms with E-state index in [0.29, 0.717) is 17.4 Å². The molecule has 0 aromatic carbocycles. The van der Waals surface area contributed by atoms with Gasteiger partial charge in [-0.1, -0.05) is 17.7 Å². The average molecular weight is 310 g/mol. The Balaban J connectivity index is 2.31. The van der Waals surface area contributed by atoms with Gasteiger partial charge in [-0.15, -0.1) is 0 Å². The third-order valence-electron chi connectivity index (χ3n) is 4.07. The van der Waals surface area contributed by atoms with Crippen molar-refractivity contribution in [3.63, 3.8) is 0 Å². The molecule has 0 atom stereocenters. The van der Waals surface area contributed by atoms with E-state index in [1.54, 1.807) is 12.3 Å². The van der Waals surface area contributed by atoms with Gasteiger partial charge in [0.05, 0.1) is 11.2 Å². The van der Waals surface area contributed by atoms with E-state index in [0.717, 1.165) is 11.0 Å². The maximum atomic E-state index is 6.00. The van der Waals surface area contributed by atoms with E-state index < -0.39 is 18.3 Å². The summed E-state index contributed by atoms with van der Waals surface area (Å²) in [4.78, 5) is 4.03. The highest BCUT2D eigenvalue weighted by Gasteiger charge is 2.52. The molecule has 0 spiro atoms. The van der Waals surface area contributed by atoms with Gasteiger partial charge >= 0.3 is 7.12 Å². The topological polar surface area (TPSA) is 83.4 Å². The van der Waals surface area contributed by atoms with Crippen molar-refractivity contribution in [2.24, 2.45) is 5.73 Å². The molecule has 2 heterocycles. The summed E-state index contributed by atoms with van der Waals surface area (Å²) in [5.74, 6) is 0. The van der Waals surface area contributed by atoms with Gasteiger partial charge in [-0.05, 0) is 39.2 Å². The molecule has 1 aromatic heterocycles. The van der Waals surface area contributed by atoms with E-state index in [1.807, 2.05) is 33.8 Å². The largest absolute Gasteiger partial charge is 0.491 e. The second kappa shape index (κ2) is 5.61. The normalized spacial score (nSPS) is 20.9. The predicted molar refractivity (Wildman–Crippen MR) is 86.8 cm³/mol. The smallest absolute Gasteiger partial charge is 0.400 e. The molecule has 0 amide bonds. The number of nitrogen functional groups attached to an aromatic ring is 1. The Morgan fingerprint density at radius 2 is 1.90 bits per heavy atom. The fourth-order valence-corrected chi connectivity index (χ4v) is 2.16. The summed E-state index contributed by atoms with van der Waals surface area (Å²) >= 11 is 5.80. The van der Waals surface area contributed by atoms with Gasteiger partial charge in [0.1, 0.15) is 5.15 Å². The van der Waals surface area contributed by atoms with Gasteiger partial charge in [-0.25, -0.2) is 4.98 Å². The van der Waals surface area contributed by atoms with Crippen molar-refractivity contribution in [2.75, 3.05) is 12.3 Å². The third-order valence-corrected chi connectivity index (χ3v) is 4.27. The lowest BCUT2D eigenvalue weighted by Gasteiger charge is -2.32. The molecule has 0 aliphatic carbocycles. The van der Waals surface area contributed by atoms with Crippen LogP contribution in [0.25, 0.3) is 6.08 Å². The first-order valence-corrected chi connectivity index (χ1v) is 7.21. The molecule has 2 rings (SSSR count). The molecule has 1 aliphatic rings. The van der Waals surface area contributed by atoms with Crippen LogP contribution < -0.4 is 11.5 Å². The van der Waals surface area contributed by atoms with Gasteiger partial charge < -0.3 is 20.8 Å². The SMILES string of the molecule is CC1(C)OB(C(=Cc2cnc(Cl)cc2N)CN)OC1(C)C. The predicted octanol–water partition coefficient (Wildman–Crippen LogP) is 2.29. The van der Waals surface area contributed by atoms with Crippen LogP contribution in [0, 0.1) is 0 Å². The summed E-state index contributed by atoms with van der Waals surface area (Å²) in [6.45, 7) is 8.30. The first kappa shape index (κ1) is 16.3. The quantitative estimate of drug-likeness (QED) is 0.661. The second-order valence-corrected chi connectivity index (χ2v) is 6.53. The summed E-state index contributed by atoms with van der Waals surface area (Å²) in [5, 5.41) is 0.356. The van der Waals surface area contributed by atoms with E-state index in [1.165, 1.54) is 0 Å². The molecule has 1 saturated heterocycles. The van der Waals surface area contributed by atoms with Crippen LogP contribution in [-0.2, 0) is 9.31 Å². The highest BCUT2D eigenvalue weighted by Crippen LogP contribution is 2.38. The molecule has 1 fully saturated rings. The van der Waals surface area contributed by atoms with E-state index >= 15 is 0 Å². The van der Waals surface area contributed by atoms with Gasteiger partial charge in [0.2, 0.25) is 0 Å². The molecule has 21 heavy (non-hydrogen) atoms. The number of anilines is 1. The summed E-state index contributed by atoms with van der Waals surface area (Å²) < 4.78 is 12.0. The molecule has 0 radical (unpaired) electrons. The highest BCUT2D eigenvalue weighted by molar-refractivity contribution is 6.56. The number of nitrogens with two attached hydrogens (primary N) is 2. The van der Waals surface area contributed by atoms with Crippen molar-refractivity contribution < 1.29 is 9.31 Å². The lowest BCUT2D eigenvalue weighted by Crippen LogP contribution is -2.41. The number of halogens is 1. The van der Waals surface area contributed by atoms with Crippen LogP contribution in [0.1, 0.15) is 33.3 Å². The summed E-state index contributed by atoms with van der Waals surface area (Å²) in [6, 6.07) is 1.60. The summed E-state index contributed by atoms with van der Waals surface area (Å²) in [6.07, 6.45) is 3.46. The molecule has 4 N–H and O–H groups in total. The molecule has 0 saturated carbocycles. The zero-order valence-electron chi connectivity index (χ0n) is 12.8. The number of nitrogens with zero attached hydrogens (tertiary/aromatic N) is 1. The second-order valence-electron chi connectivity index (χ2n) is 6.15. The standard InChI is InChI=1S/C14H21BClN3O2/c1-13(2)14(3,4)21-15(20-13)10(7-17)5-9-8-19-12(16)6-11(9)18/h5-6,8H,7,17H2,1-4H3,(H2,18,19).